The van der Waals surface area contributed by atoms with E-state index in [1.165, 1.54) is 9.79 Å². The average Bonchev–Trinajstić information content (AvgIpc) is 2.22. The molecule has 0 bridgehead atoms. The summed E-state index contributed by atoms with van der Waals surface area (Å²) >= 11 is 5.18. The van der Waals surface area contributed by atoms with Crippen molar-refractivity contribution in [3.8, 4) is 0 Å². The number of rotatable bonds is 2. The van der Waals surface area contributed by atoms with E-state index in [1.54, 1.807) is 11.8 Å². The highest BCUT2D eigenvalue weighted by Gasteiger charge is 1.97. The van der Waals surface area contributed by atoms with E-state index in [2.05, 4.69) is 28.1 Å². The molecule has 2 aromatic rings. The van der Waals surface area contributed by atoms with Gasteiger partial charge in [0, 0.05) is 20.0 Å². The van der Waals surface area contributed by atoms with E-state index in [9.17, 15) is 0 Å². The van der Waals surface area contributed by atoms with E-state index < -0.39 is 0 Å². The van der Waals surface area contributed by atoms with E-state index in [0.29, 0.717) is 0 Å². The second kappa shape index (κ2) is 4.73. The van der Waals surface area contributed by atoms with Crippen LogP contribution >= 0.6 is 27.7 Å². The number of nitrogen functional groups attached to an aromatic ring is 1. The first kappa shape index (κ1) is 10.6. The van der Waals surface area contributed by atoms with E-state index in [1.807, 2.05) is 36.4 Å². The first-order valence-electron chi connectivity index (χ1n) is 4.53. The van der Waals surface area contributed by atoms with Gasteiger partial charge in [-0.3, -0.25) is 0 Å². The van der Waals surface area contributed by atoms with Crippen molar-refractivity contribution in [1.29, 1.82) is 0 Å². The third kappa shape index (κ3) is 3.01. The molecule has 0 amide bonds. The quantitative estimate of drug-likeness (QED) is 0.835. The summed E-state index contributed by atoms with van der Waals surface area (Å²) in [4.78, 5) is 2.41. The van der Waals surface area contributed by atoms with E-state index in [4.69, 9.17) is 5.73 Å². The Morgan fingerprint density at radius 1 is 0.933 bits per heavy atom. The summed E-state index contributed by atoms with van der Waals surface area (Å²) in [7, 11) is 0. The molecule has 0 spiro atoms. The molecule has 15 heavy (non-hydrogen) atoms. The zero-order chi connectivity index (χ0) is 10.7. The lowest BCUT2D eigenvalue weighted by atomic mass is 10.3. The van der Waals surface area contributed by atoms with Gasteiger partial charge in [-0.1, -0.05) is 33.8 Å². The molecule has 0 aromatic heterocycles. The first-order chi connectivity index (χ1) is 7.24. The van der Waals surface area contributed by atoms with Crippen LogP contribution < -0.4 is 5.73 Å². The van der Waals surface area contributed by atoms with Crippen molar-refractivity contribution in [1.82, 2.24) is 0 Å². The van der Waals surface area contributed by atoms with Gasteiger partial charge in [-0.15, -0.1) is 0 Å². The molecule has 1 nitrogen and oxygen atoms in total. The molecule has 0 unspecified atom stereocenters. The molecule has 0 aliphatic carbocycles. The Bertz CT molecular complexity index is 453. The molecule has 3 heteroatoms. The highest BCUT2D eigenvalue weighted by molar-refractivity contribution is 9.10. The lowest BCUT2D eigenvalue weighted by Crippen LogP contribution is -1.82. The van der Waals surface area contributed by atoms with Crippen molar-refractivity contribution in [2.24, 2.45) is 0 Å². The number of anilines is 1. The lowest BCUT2D eigenvalue weighted by molar-refractivity contribution is 1.39. The molecule has 2 N–H and O–H groups in total. The van der Waals surface area contributed by atoms with Crippen LogP contribution in [0.25, 0.3) is 0 Å². The van der Waals surface area contributed by atoms with Crippen LogP contribution in [0.1, 0.15) is 0 Å². The summed E-state index contributed by atoms with van der Waals surface area (Å²) in [5.41, 5.74) is 6.43. The van der Waals surface area contributed by atoms with Crippen LogP contribution in [0.3, 0.4) is 0 Å². The molecule has 2 aromatic carbocycles. The SMILES string of the molecule is Nc1ccc(Sc2cccc(Br)c2)cc1. The minimum atomic E-state index is 0.800. The fourth-order valence-corrected chi connectivity index (χ4v) is 2.63. The van der Waals surface area contributed by atoms with Gasteiger partial charge in [0.25, 0.3) is 0 Å². The van der Waals surface area contributed by atoms with Gasteiger partial charge in [0.2, 0.25) is 0 Å². The Morgan fingerprint density at radius 3 is 2.33 bits per heavy atom. The van der Waals surface area contributed by atoms with Gasteiger partial charge in [0.1, 0.15) is 0 Å². The second-order valence-electron chi connectivity index (χ2n) is 3.13. The van der Waals surface area contributed by atoms with E-state index in [0.717, 1.165) is 10.2 Å². The maximum Gasteiger partial charge on any atom is 0.0314 e. The predicted octanol–water partition coefficient (Wildman–Crippen LogP) is 4.18. The maximum atomic E-state index is 5.63. The Kier molecular flexibility index (Phi) is 3.34. The van der Waals surface area contributed by atoms with Crippen molar-refractivity contribution in [2.75, 3.05) is 5.73 Å². The van der Waals surface area contributed by atoms with Gasteiger partial charge in [-0.2, -0.15) is 0 Å². The van der Waals surface area contributed by atoms with E-state index >= 15 is 0 Å². The van der Waals surface area contributed by atoms with Crippen molar-refractivity contribution in [3.05, 3.63) is 53.0 Å². The summed E-state index contributed by atoms with van der Waals surface area (Å²) in [5, 5.41) is 0. The highest BCUT2D eigenvalue weighted by Crippen LogP contribution is 2.29. The molecular weight excluding hydrogens is 270 g/mol. The van der Waals surface area contributed by atoms with Crippen LogP contribution in [0, 0.1) is 0 Å². The van der Waals surface area contributed by atoms with E-state index in [-0.39, 0.29) is 0 Å². The number of hydrogen-bond acceptors (Lipinski definition) is 2. The summed E-state index contributed by atoms with van der Waals surface area (Å²) in [5.74, 6) is 0. The number of halogens is 1. The molecule has 0 saturated carbocycles. The van der Waals surface area contributed by atoms with Gasteiger partial charge < -0.3 is 5.73 Å². The fraction of sp³-hybridized carbons (Fsp3) is 0. The third-order valence-electron chi connectivity index (χ3n) is 1.91. The summed E-state index contributed by atoms with van der Waals surface area (Å²) < 4.78 is 1.10. The van der Waals surface area contributed by atoms with Crippen molar-refractivity contribution >= 4 is 33.4 Å². The average molecular weight is 280 g/mol. The Hall–Kier alpha value is -0.930. The van der Waals surface area contributed by atoms with Gasteiger partial charge in [-0.05, 0) is 42.5 Å². The summed E-state index contributed by atoms with van der Waals surface area (Å²) in [6.45, 7) is 0. The minimum absolute atomic E-state index is 0.800. The van der Waals surface area contributed by atoms with Gasteiger partial charge >= 0.3 is 0 Å². The molecule has 2 rings (SSSR count). The molecule has 0 heterocycles. The Morgan fingerprint density at radius 2 is 1.67 bits per heavy atom. The number of hydrogen-bond donors (Lipinski definition) is 1. The van der Waals surface area contributed by atoms with Crippen LogP contribution in [-0.4, -0.2) is 0 Å². The normalized spacial score (nSPS) is 10.2. The molecule has 0 atom stereocenters. The third-order valence-corrected chi connectivity index (χ3v) is 3.40. The Balaban J connectivity index is 2.18. The lowest BCUT2D eigenvalue weighted by Gasteiger charge is -2.02. The highest BCUT2D eigenvalue weighted by atomic mass is 79.9. The topological polar surface area (TPSA) is 26.0 Å². The molecule has 0 radical (unpaired) electrons. The van der Waals surface area contributed by atoms with Gasteiger partial charge in [-0.25, -0.2) is 0 Å². The van der Waals surface area contributed by atoms with Crippen molar-refractivity contribution in [2.45, 2.75) is 9.79 Å². The second-order valence-corrected chi connectivity index (χ2v) is 5.19. The van der Waals surface area contributed by atoms with Crippen LogP contribution in [0.4, 0.5) is 5.69 Å². The van der Waals surface area contributed by atoms with Crippen LogP contribution in [0.15, 0.2) is 62.8 Å². The van der Waals surface area contributed by atoms with Crippen molar-refractivity contribution in [3.63, 3.8) is 0 Å². The largest absolute Gasteiger partial charge is 0.399 e. The monoisotopic (exact) mass is 279 g/mol. The zero-order valence-corrected chi connectivity index (χ0v) is 10.4. The maximum absolute atomic E-state index is 5.63. The summed E-state index contributed by atoms with van der Waals surface area (Å²) in [6, 6.07) is 16.1. The smallest absolute Gasteiger partial charge is 0.0314 e. The molecule has 0 aliphatic heterocycles. The van der Waals surface area contributed by atoms with Gasteiger partial charge in [0.15, 0.2) is 0 Å². The molecular formula is C12H10BrNS. The molecule has 0 saturated heterocycles. The molecule has 76 valence electrons. The molecule has 0 aliphatic rings. The number of nitrogens with two attached hydrogens (primary N) is 1. The van der Waals surface area contributed by atoms with Gasteiger partial charge in [0.05, 0.1) is 0 Å². The van der Waals surface area contributed by atoms with Crippen LogP contribution in [0.2, 0.25) is 0 Å². The van der Waals surface area contributed by atoms with Crippen LogP contribution in [0.5, 0.6) is 0 Å². The van der Waals surface area contributed by atoms with Crippen LogP contribution in [-0.2, 0) is 0 Å². The first-order valence-corrected chi connectivity index (χ1v) is 6.14. The number of benzene rings is 2. The summed E-state index contributed by atoms with van der Waals surface area (Å²) in [6.07, 6.45) is 0. The fourth-order valence-electron chi connectivity index (χ4n) is 1.20. The molecule has 0 fully saturated rings. The zero-order valence-electron chi connectivity index (χ0n) is 7.98. The minimum Gasteiger partial charge on any atom is -0.399 e. The Labute approximate surface area is 102 Å². The standard InChI is InChI=1S/C12H10BrNS/c13-9-2-1-3-12(8-9)15-11-6-4-10(14)5-7-11/h1-8H,14H2. The predicted molar refractivity (Wildman–Crippen MR) is 69.1 cm³/mol. The van der Waals surface area contributed by atoms with Crippen molar-refractivity contribution < 1.29 is 0 Å².